The number of fused-ring (bicyclic) bond motifs is 3. The third-order valence-electron chi connectivity index (χ3n) is 10.1. The van der Waals surface area contributed by atoms with E-state index >= 15 is 0 Å². The Hall–Kier alpha value is -6.88. The van der Waals surface area contributed by atoms with Gasteiger partial charge in [0.05, 0.1) is 0 Å². The van der Waals surface area contributed by atoms with Gasteiger partial charge in [0.15, 0.2) is 0 Å². The fourth-order valence-electron chi connectivity index (χ4n) is 7.64. The van der Waals surface area contributed by atoms with Gasteiger partial charge in [-0.25, -0.2) is 0 Å². The number of benzene rings is 8. The van der Waals surface area contributed by atoms with Gasteiger partial charge in [0.2, 0.25) is 0 Å². The topological polar surface area (TPSA) is 3.24 Å². The maximum Gasteiger partial charge on any atom is 0.108 e. The summed E-state index contributed by atoms with van der Waals surface area (Å²) in [6.07, 6.45) is 0. The van der Waals surface area contributed by atoms with Crippen LogP contribution in [0.3, 0.4) is 0 Å². The predicted octanol–water partition coefficient (Wildman–Crippen LogP) is 12.9. The van der Waals surface area contributed by atoms with Gasteiger partial charge in [0, 0.05) is 22.6 Å². The van der Waals surface area contributed by atoms with Crippen LogP contribution >= 0.6 is 0 Å². The van der Waals surface area contributed by atoms with Crippen LogP contribution in [-0.2, 0) is 5.41 Å². The second kappa shape index (κ2) is 13.4. The lowest BCUT2D eigenvalue weighted by atomic mass is 9.72. The highest BCUT2D eigenvalue weighted by Crippen LogP contribution is 2.53. The summed E-state index contributed by atoms with van der Waals surface area (Å²) in [5.41, 5.74) is 14.4. The summed E-state index contributed by atoms with van der Waals surface area (Å²) in [4.78, 5) is 2.30. The van der Waals surface area contributed by atoms with Gasteiger partial charge in [-0.15, -0.1) is 0 Å². The van der Waals surface area contributed by atoms with Crippen molar-refractivity contribution < 1.29 is 0 Å². The van der Waals surface area contributed by atoms with Crippen molar-refractivity contribution in [1.29, 1.82) is 0 Å². The number of anilines is 3. The van der Waals surface area contributed by atoms with Crippen LogP contribution in [0, 0.1) is 11.8 Å². The van der Waals surface area contributed by atoms with E-state index in [4.69, 9.17) is 0 Å². The van der Waals surface area contributed by atoms with Crippen LogP contribution in [0.4, 0.5) is 17.1 Å². The molecule has 1 atom stereocenters. The SMILES string of the molecule is C(#CC1(c2ccccc2)c2ccccc2-c2ccc(-c3ccc(N(c4ccccc4)c4ccccc4)cc3)cc21)c1cccc(-c2ccccc2)c1. The molecule has 0 saturated carbocycles. The summed E-state index contributed by atoms with van der Waals surface area (Å²) in [6.45, 7) is 0. The fourth-order valence-corrected chi connectivity index (χ4v) is 7.64. The summed E-state index contributed by atoms with van der Waals surface area (Å²) >= 11 is 0. The van der Waals surface area contributed by atoms with Crippen molar-refractivity contribution in [3.63, 3.8) is 0 Å². The number of hydrogen-bond acceptors (Lipinski definition) is 1. The van der Waals surface area contributed by atoms with Crippen LogP contribution < -0.4 is 4.90 Å². The van der Waals surface area contributed by atoms with Crippen LogP contribution in [0.25, 0.3) is 33.4 Å². The van der Waals surface area contributed by atoms with Crippen molar-refractivity contribution in [2.24, 2.45) is 0 Å². The Kier molecular flexibility index (Phi) is 8.05. The highest BCUT2D eigenvalue weighted by atomic mass is 15.1. The molecule has 1 aliphatic rings. The van der Waals surface area contributed by atoms with Gasteiger partial charge < -0.3 is 4.90 Å². The van der Waals surface area contributed by atoms with Crippen LogP contribution in [0.2, 0.25) is 0 Å². The second-order valence-corrected chi connectivity index (χ2v) is 13.2. The zero-order valence-corrected chi connectivity index (χ0v) is 28.7. The van der Waals surface area contributed by atoms with Gasteiger partial charge in [-0.1, -0.05) is 170 Å². The first-order valence-electron chi connectivity index (χ1n) is 17.8. The van der Waals surface area contributed by atoms with Gasteiger partial charge in [0.1, 0.15) is 5.41 Å². The zero-order chi connectivity index (χ0) is 34.7. The average molecular weight is 662 g/mol. The van der Waals surface area contributed by atoms with Gasteiger partial charge in [-0.2, -0.15) is 0 Å². The molecule has 1 unspecified atom stereocenters. The van der Waals surface area contributed by atoms with Crippen molar-refractivity contribution in [3.8, 4) is 45.2 Å². The van der Waals surface area contributed by atoms with Crippen molar-refractivity contribution in [3.05, 3.63) is 235 Å². The molecule has 8 aromatic rings. The highest BCUT2D eigenvalue weighted by molar-refractivity contribution is 5.89. The molecule has 0 heterocycles. The van der Waals surface area contributed by atoms with E-state index in [0.717, 1.165) is 39.3 Å². The van der Waals surface area contributed by atoms with E-state index in [1.165, 1.54) is 33.4 Å². The molecule has 1 heteroatoms. The molecule has 0 aliphatic heterocycles. The minimum absolute atomic E-state index is 0.649. The smallest absolute Gasteiger partial charge is 0.108 e. The van der Waals surface area contributed by atoms with Crippen molar-refractivity contribution in [2.75, 3.05) is 4.90 Å². The van der Waals surface area contributed by atoms with Gasteiger partial charge in [-0.3, -0.25) is 0 Å². The normalized spacial score (nSPS) is 14.1. The summed E-state index contributed by atoms with van der Waals surface area (Å²) in [6, 6.07) is 75.6. The Bertz CT molecular complexity index is 2510. The van der Waals surface area contributed by atoms with Crippen LogP contribution in [0.1, 0.15) is 22.3 Å². The van der Waals surface area contributed by atoms with Crippen LogP contribution in [-0.4, -0.2) is 0 Å². The molecule has 0 amide bonds. The number of nitrogens with zero attached hydrogens (tertiary/aromatic N) is 1. The molecule has 0 radical (unpaired) electrons. The molecule has 52 heavy (non-hydrogen) atoms. The molecule has 1 aliphatic carbocycles. The minimum Gasteiger partial charge on any atom is -0.311 e. The first-order chi connectivity index (χ1) is 25.8. The van der Waals surface area contributed by atoms with Gasteiger partial charge in [0.25, 0.3) is 0 Å². The van der Waals surface area contributed by atoms with E-state index in [-0.39, 0.29) is 0 Å². The number of para-hydroxylation sites is 2. The summed E-state index contributed by atoms with van der Waals surface area (Å²) in [5.74, 6) is 7.57. The Morgan fingerprint density at radius 3 is 1.54 bits per heavy atom. The molecule has 1 nitrogen and oxygen atoms in total. The van der Waals surface area contributed by atoms with E-state index in [0.29, 0.717) is 0 Å². The summed E-state index contributed by atoms with van der Waals surface area (Å²) in [5, 5.41) is 0. The monoisotopic (exact) mass is 661 g/mol. The molecule has 0 bridgehead atoms. The molecular formula is C51H35N. The maximum absolute atomic E-state index is 3.90. The Labute approximate surface area is 306 Å². The quantitative estimate of drug-likeness (QED) is 0.160. The molecule has 0 N–H and O–H groups in total. The summed E-state index contributed by atoms with van der Waals surface area (Å²) in [7, 11) is 0. The average Bonchev–Trinajstić information content (AvgIpc) is 3.52. The lowest BCUT2D eigenvalue weighted by Crippen LogP contribution is -2.25. The molecular weight excluding hydrogens is 627 g/mol. The first-order valence-corrected chi connectivity index (χ1v) is 17.8. The largest absolute Gasteiger partial charge is 0.311 e. The number of rotatable bonds is 6. The van der Waals surface area contributed by atoms with E-state index in [9.17, 15) is 0 Å². The second-order valence-electron chi connectivity index (χ2n) is 13.2. The fraction of sp³-hybridized carbons (Fsp3) is 0.0196. The Morgan fingerprint density at radius 2 is 0.846 bits per heavy atom. The predicted molar refractivity (Wildman–Crippen MR) is 217 cm³/mol. The standard InChI is InChI=1S/C51H35N/c1-5-17-39(18-6-1)41-19-15-16-38(36-41)34-35-51(43-20-7-2-8-21-43)49-27-14-13-26-47(49)48-33-30-42(37-50(48)51)40-28-31-46(32-29-40)52(44-22-9-3-10-23-44)45-24-11-4-12-25-45/h1-33,36-37H. The van der Waals surface area contributed by atoms with E-state index in [1.807, 2.05) is 0 Å². The molecule has 8 aromatic carbocycles. The highest BCUT2D eigenvalue weighted by Gasteiger charge is 2.43. The lowest BCUT2D eigenvalue weighted by molar-refractivity contribution is 0.837. The third-order valence-corrected chi connectivity index (χ3v) is 10.1. The molecule has 244 valence electrons. The molecule has 0 saturated heterocycles. The Balaban J connectivity index is 1.17. The minimum atomic E-state index is -0.649. The van der Waals surface area contributed by atoms with Crippen LogP contribution in [0.5, 0.6) is 0 Å². The lowest BCUT2D eigenvalue weighted by Gasteiger charge is -2.28. The van der Waals surface area contributed by atoms with E-state index < -0.39 is 5.41 Å². The molecule has 0 aromatic heterocycles. The van der Waals surface area contributed by atoms with Crippen LogP contribution in [0.15, 0.2) is 212 Å². The zero-order valence-electron chi connectivity index (χ0n) is 28.7. The van der Waals surface area contributed by atoms with E-state index in [1.54, 1.807) is 0 Å². The molecule has 0 spiro atoms. The maximum atomic E-state index is 3.90. The first kappa shape index (κ1) is 31.1. The van der Waals surface area contributed by atoms with Gasteiger partial charge in [-0.05, 0) is 105 Å². The van der Waals surface area contributed by atoms with Crippen molar-refractivity contribution in [2.45, 2.75) is 5.41 Å². The molecule has 9 rings (SSSR count). The number of hydrogen-bond donors (Lipinski definition) is 0. The Morgan fingerprint density at radius 1 is 0.346 bits per heavy atom. The van der Waals surface area contributed by atoms with E-state index in [2.05, 4.69) is 229 Å². The summed E-state index contributed by atoms with van der Waals surface area (Å²) < 4.78 is 0. The molecule has 0 fully saturated rings. The van der Waals surface area contributed by atoms with Gasteiger partial charge >= 0.3 is 0 Å². The third kappa shape index (κ3) is 5.58. The van der Waals surface area contributed by atoms with Crippen molar-refractivity contribution in [1.82, 2.24) is 0 Å². The van der Waals surface area contributed by atoms with Crippen molar-refractivity contribution >= 4 is 17.1 Å².